The second-order valence-corrected chi connectivity index (χ2v) is 12.1. The van der Waals surface area contributed by atoms with Crippen molar-refractivity contribution in [3.05, 3.63) is 54.6 Å². The van der Waals surface area contributed by atoms with Crippen LogP contribution < -0.4 is 15.4 Å². The van der Waals surface area contributed by atoms with Crippen molar-refractivity contribution < 1.29 is 9.47 Å². The number of nitrogens with zero attached hydrogens (tertiary/aromatic N) is 2. The first kappa shape index (κ1) is 22.0. The van der Waals surface area contributed by atoms with E-state index in [1.807, 2.05) is 30.3 Å². The van der Waals surface area contributed by atoms with Crippen LogP contribution in [0.15, 0.2) is 59.3 Å². The molecule has 1 aliphatic heterocycles. The van der Waals surface area contributed by atoms with Gasteiger partial charge in [-0.05, 0) is 36.5 Å². The molecular formula is C22H30N3O2PS. The Labute approximate surface area is 179 Å². The molecule has 1 heterocycles. The third kappa shape index (κ3) is 4.89. The average Bonchev–Trinajstić information content (AvgIpc) is 2.73. The van der Waals surface area contributed by atoms with Gasteiger partial charge in [0, 0.05) is 29.2 Å². The minimum absolute atomic E-state index is 0.0860. The number of thiocarbonyl (C=S) groups is 1. The van der Waals surface area contributed by atoms with Crippen molar-refractivity contribution in [1.82, 2.24) is 4.67 Å². The standard InChI is InChI=1S/C22H30N3O2PS/c1-22(2,3)28(20-8-6-5-7-9-20,25-14-16-27-17-15-25)24-21(29)23-18-10-12-19(26-4)13-11-18/h5-13H,14-17H2,1-4H3,(H,23,29). The van der Waals surface area contributed by atoms with Crippen molar-refractivity contribution in [2.45, 2.75) is 25.9 Å². The van der Waals surface area contributed by atoms with E-state index < -0.39 is 7.21 Å². The maximum atomic E-state index is 5.74. The lowest BCUT2D eigenvalue weighted by Crippen LogP contribution is -2.43. The summed E-state index contributed by atoms with van der Waals surface area (Å²) in [5, 5.41) is 4.97. The zero-order valence-electron chi connectivity index (χ0n) is 17.6. The van der Waals surface area contributed by atoms with E-state index in [2.05, 4.69) is 55.0 Å². The molecule has 3 rings (SSSR count). The van der Waals surface area contributed by atoms with Gasteiger partial charge >= 0.3 is 0 Å². The normalized spacial score (nSPS) is 17.2. The largest absolute Gasteiger partial charge is 0.497 e. The predicted octanol–water partition coefficient (Wildman–Crippen LogP) is 4.96. The minimum Gasteiger partial charge on any atom is -0.497 e. The lowest BCUT2D eigenvalue weighted by atomic mass is 10.3. The highest BCUT2D eigenvalue weighted by Gasteiger charge is 2.41. The quantitative estimate of drug-likeness (QED) is 0.547. The number of anilines is 1. The third-order valence-electron chi connectivity index (χ3n) is 5.03. The van der Waals surface area contributed by atoms with E-state index >= 15 is 0 Å². The Kier molecular flexibility index (Phi) is 7.12. The SMILES string of the molecule is COc1ccc(NC(=S)N=P(c2ccccc2)(N2CCOCC2)C(C)(C)C)cc1. The van der Waals surface area contributed by atoms with Crippen molar-refractivity contribution >= 4 is 35.5 Å². The van der Waals surface area contributed by atoms with Gasteiger partial charge < -0.3 is 14.8 Å². The average molecular weight is 432 g/mol. The molecule has 1 saturated heterocycles. The van der Waals surface area contributed by atoms with Crippen LogP contribution in [-0.4, -0.2) is 48.4 Å². The molecule has 156 valence electrons. The fourth-order valence-electron chi connectivity index (χ4n) is 3.68. The van der Waals surface area contributed by atoms with E-state index in [-0.39, 0.29) is 5.16 Å². The van der Waals surface area contributed by atoms with Crippen LogP contribution in [-0.2, 0) is 4.74 Å². The molecule has 0 saturated carbocycles. The summed E-state index contributed by atoms with van der Waals surface area (Å²) >= 11 is 5.74. The first-order chi connectivity index (χ1) is 13.9. The van der Waals surface area contributed by atoms with Crippen molar-refractivity contribution in [1.29, 1.82) is 0 Å². The van der Waals surface area contributed by atoms with E-state index in [0.29, 0.717) is 5.11 Å². The number of benzene rings is 2. The van der Waals surface area contributed by atoms with Gasteiger partial charge in [-0.2, -0.15) is 0 Å². The Bertz CT molecular complexity index is 873. The molecule has 2 aromatic rings. The van der Waals surface area contributed by atoms with Crippen molar-refractivity contribution in [3.63, 3.8) is 0 Å². The predicted molar refractivity (Wildman–Crippen MR) is 127 cm³/mol. The highest BCUT2D eigenvalue weighted by atomic mass is 32.1. The smallest absolute Gasteiger partial charge is 0.197 e. The van der Waals surface area contributed by atoms with Gasteiger partial charge in [0.1, 0.15) is 5.75 Å². The maximum absolute atomic E-state index is 5.74. The Morgan fingerprint density at radius 1 is 1.07 bits per heavy atom. The molecule has 2 aromatic carbocycles. The third-order valence-corrected chi connectivity index (χ3v) is 9.95. The molecule has 0 aromatic heterocycles. The summed E-state index contributed by atoms with van der Waals surface area (Å²) in [7, 11) is -0.507. The number of ether oxygens (including phenoxy) is 2. The Morgan fingerprint density at radius 3 is 2.24 bits per heavy atom. The fraction of sp³-hybridized carbons (Fsp3) is 0.409. The molecule has 0 bridgehead atoms. The molecule has 29 heavy (non-hydrogen) atoms. The molecule has 1 atom stereocenters. The number of hydrogen-bond acceptors (Lipinski definition) is 3. The van der Waals surface area contributed by atoms with Crippen LogP contribution in [0.5, 0.6) is 5.75 Å². The van der Waals surface area contributed by atoms with E-state index in [1.54, 1.807) is 7.11 Å². The molecule has 1 fully saturated rings. The van der Waals surface area contributed by atoms with Gasteiger partial charge in [-0.15, -0.1) is 0 Å². The van der Waals surface area contributed by atoms with Gasteiger partial charge in [-0.1, -0.05) is 51.1 Å². The molecular weight excluding hydrogens is 401 g/mol. The minimum atomic E-state index is -2.17. The molecule has 0 radical (unpaired) electrons. The van der Waals surface area contributed by atoms with Crippen molar-refractivity contribution in [3.8, 4) is 5.75 Å². The molecule has 0 spiro atoms. The second kappa shape index (κ2) is 9.40. The Hall–Kier alpha value is -1.72. The fourth-order valence-corrected chi connectivity index (χ4v) is 8.29. The molecule has 5 nitrogen and oxygen atoms in total. The zero-order valence-corrected chi connectivity index (χ0v) is 19.3. The molecule has 1 unspecified atom stereocenters. The first-order valence-corrected chi connectivity index (χ1v) is 11.9. The van der Waals surface area contributed by atoms with Crippen LogP contribution in [0, 0.1) is 0 Å². The Balaban J connectivity index is 2.06. The lowest BCUT2D eigenvalue weighted by molar-refractivity contribution is 0.0738. The van der Waals surface area contributed by atoms with Gasteiger partial charge in [0.05, 0.1) is 27.5 Å². The second-order valence-electron chi connectivity index (χ2n) is 7.93. The first-order valence-electron chi connectivity index (χ1n) is 9.83. The van der Waals surface area contributed by atoms with Crippen LogP contribution in [0.25, 0.3) is 0 Å². The topological polar surface area (TPSA) is 46.1 Å². The summed E-state index contributed by atoms with van der Waals surface area (Å²) < 4.78 is 18.7. The van der Waals surface area contributed by atoms with Gasteiger partial charge in [0.15, 0.2) is 5.11 Å². The summed E-state index contributed by atoms with van der Waals surface area (Å²) in [6, 6.07) is 18.3. The van der Waals surface area contributed by atoms with Crippen molar-refractivity contribution in [2.75, 3.05) is 38.7 Å². The van der Waals surface area contributed by atoms with E-state index in [4.69, 9.17) is 26.4 Å². The number of nitrogens with one attached hydrogen (secondary N) is 1. The monoisotopic (exact) mass is 431 g/mol. The van der Waals surface area contributed by atoms with E-state index in [0.717, 1.165) is 37.7 Å². The Morgan fingerprint density at radius 2 is 1.69 bits per heavy atom. The molecule has 1 aliphatic rings. The van der Waals surface area contributed by atoms with Gasteiger partial charge in [-0.3, -0.25) is 4.67 Å². The summed E-state index contributed by atoms with van der Waals surface area (Å²) in [6.45, 7) is 9.95. The molecule has 1 N–H and O–H groups in total. The highest BCUT2D eigenvalue weighted by Crippen LogP contribution is 2.62. The number of methoxy groups -OCH3 is 1. The molecule has 7 heteroatoms. The number of hydrogen-bond donors (Lipinski definition) is 1. The zero-order chi connectivity index (χ0) is 20.9. The van der Waals surface area contributed by atoms with Crippen LogP contribution in [0.4, 0.5) is 5.69 Å². The van der Waals surface area contributed by atoms with Crippen molar-refractivity contribution in [2.24, 2.45) is 4.74 Å². The summed E-state index contributed by atoms with van der Waals surface area (Å²) in [5.41, 5.74) is 0.904. The number of rotatable bonds is 4. The summed E-state index contributed by atoms with van der Waals surface area (Å²) in [5.74, 6) is 0.813. The number of morpholine rings is 1. The van der Waals surface area contributed by atoms with Gasteiger partial charge in [-0.25, -0.2) is 4.74 Å². The van der Waals surface area contributed by atoms with Crippen LogP contribution >= 0.6 is 19.4 Å². The molecule has 0 aliphatic carbocycles. The summed E-state index contributed by atoms with van der Waals surface area (Å²) in [6.07, 6.45) is 0. The highest BCUT2D eigenvalue weighted by molar-refractivity contribution is 7.82. The van der Waals surface area contributed by atoms with Crippen LogP contribution in [0.1, 0.15) is 20.8 Å². The molecule has 0 amide bonds. The van der Waals surface area contributed by atoms with E-state index in [1.165, 1.54) is 5.30 Å². The van der Waals surface area contributed by atoms with E-state index in [9.17, 15) is 0 Å². The van der Waals surface area contributed by atoms with Gasteiger partial charge in [0.25, 0.3) is 0 Å². The maximum Gasteiger partial charge on any atom is 0.197 e. The van der Waals surface area contributed by atoms with Gasteiger partial charge in [0.2, 0.25) is 0 Å². The lowest BCUT2D eigenvalue weighted by Gasteiger charge is -2.46. The van der Waals surface area contributed by atoms with Crippen LogP contribution in [0.2, 0.25) is 0 Å². The summed E-state index contributed by atoms with van der Waals surface area (Å²) in [4.78, 5) is 0. The van der Waals surface area contributed by atoms with Crippen LogP contribution in [0.3, 0.4) is 0 Å².